The molecule has 0 aliphatic rings. The van der Waals surface area contributed by atoms with Crippen molar-refractivity contribution in [1.82, 2.24) is 4.57 Å². The smallest absolute Gasteiger partial charge is 0.271 e. The normalized spacial score (nSPS) is 10.7. The first-order chi connectivity index (χ1) is 13.3. The molecule has 28 heavy (non-hydrogen) atoms. The zero-order chi connectivity index (χ0) is 20.4. The number of aromatic nitrogens is 1. The van der Waals surface area contributed by atoms with Crippen LogP contribution in [0.1, 0.15) is 17.3 Å². The topological polar surface area (TPSA) is 103 Å². The number of methoxy groups -OCH3 is 1. The summed E-state index contributed by atoms with van der Waals surface area (Å²) >= 11 is 6.02. The first kappa shape index (κ1) is 19.4. The fourth-order valence-electron chi connectivity index (χ4n) is 2.84. The lowest BCUT2D eigenvalue weighted by Crippen LogP contribution is -2.24. The summed E-state index contributed by atoms with van der Waals surface area (Å²) in [6, 6.07) is 8.75. The number of fused-ring (bicyclic) bond motifs is 1. The number of carbonyl (C=O) groups excluding carboxylic acids is 1. The summed E-state index contributed by atoms with van der Waals surface area (Å²) in [5, 5.41) is 13.7. The van der Waals surface area contributed by atoms with Gasteiger partial charge in [-0.3, -0.25) is 19.7 Å². The van der Waals surface area contributed by atoms with Crippen molar-refractivity contribution in [3.8, 4) is 5.75 Å². The standard InChI is InChI=1S/C19H16ClN3O5/c1-3-22-10-14(18(24)13-9-12(28-2)5-7-17(13)22)19(25)21-16-6-4-11(23(26)27)8-15(16)20/h4-10H,3H2,1-2H3,(H,21,25). The van der Waals surface area contributed by atoms with E-state index in [-0.39, 0.29) is 22.0 Å². The second-order valence-electron chi connectivity index (χ2n) is 5.92. The predicted octanol–water partition coefficient (Wildman–Crippen LogP) is 3.84. The van der Waals surface area contributed by atoms with Gasteiger partial charge in [0.25, 0.3) is 11.6 Å². The van der Waals surface area contributed by atoms with Crippen LogP contribution in [0.3, 0.4) is 0 Å². The van der Waals surface area contributed by atoms with Crippen LogP contribution in [0.4, 0.5) is 11.4 Å². The number of aryl methyl sites for hydroxylation is 1. The molecule has 0 unspecified atom stereocenters. The van der Waals surface area contributed by atoms with E-state index in [1.807, 2.05) is 6.92 Å². The van der Waals surface area contributed by atoms with Gasteiger partial charge in [-0.2, -0.15) is 0 Å². The number of ether oxygens (including phenoxy) is 1. The van der Waals surface area contributed by atoms with Gasteiger partial charge in [0.05, 0.1) is 33.6 Å². The summed E-state index contributed by atoms with van der Waals surface area (Å²) in [4.78, 5) is 35.8. The lowest BCUT2D eigenvalue weighted by Gasteiger charge is -2.13. The number of nitro groups is 1. The highest BCUT2D eigenvalue weighted by Crippen LogP contribution is 2.27. The minimum Gasteiger partial charge on any atom is -0.497 e. The molecule has 1 amide bonds. The molecule has 0 aliphatic carbocycles. The Labute approximate surface area is 164 Å². The number of rotatable bonds is 5. The van der Waals surface area contributed by atoms with Crippen LogP contribution in [0.2, 0.25) is 5.02 Å². The molecule has 1 N–H and O–H groups in total. The average molecular weight is 402 g/mol. The number of pyridine rings is 1. The maximum absolute atomic E-state index is 12.9. The fourth-order valence-corrected chi connectivity index (χ4v) is 3.06. The van der Waals surface area contributed by atoms with Gasteiger partial charge in [-0.25, -0.2) is 0 Å². The van der Waals surface area contributed by atoms with E-state index < -0.39 is 16.3 Å². The van der Waals surface area contributed by atoms with E-state index in [9.17, 15) is 19.7 Å². The molecule has 0 saturated carbocycles. The fraction of sp³-hybridized carbons (Fsp3) is 0.158. The molecule has 0 spiro atoms. The van der Waals surface area contributed by atoms with Crippen LogP contribution in [0, 0.1) is 10.1 Å². The second-order valence-corrected chi connectivity index (χ2v) is 6.32. The molecule has 0 fully saturated rings. The van der Waals surface area contributed by atoms with E-state index in [2.05, 4.69) is 5.32 Å². The van der Waals surface area contributed by atoms with Gasteiger partial charge in [-0.1, -0.05) is 11.6 Å². The van der Waals surface area contributed by atoms with Crippen LogP contribution in [0.15, 0.2) is 47.4 Å². The van der Waals surface area contributed by atoms with Gasteiger partial charge in [-0.15, -0.1) is 0 Å². The molecule has 0 aliphatic heterocycles. The van der Waals surface area contributed by atoms with Crippen molar-refractivity contribution >= 4 is 39.8 Å². The number of benzene rings is 2. The maximum Gasteiger partial charge on any atom is 0.271 e. The Morgan fingerprint density at radius 2 is 2.04 bits per heavy atom. The molecular formula is C19H16ClN3O5. The number of hydrogen-bond acceptors (Lipinski definition) is 5. The van der Waals surface area contributed by atoms with E-state index >= 15 is 0 Å². The van der Waals surface area contributed by atoms with Crippen molar-refractivity contribution in [3.05, 3.63) is 73.5 Å². The van der Waals surface area contributed by atoms with Crippen LogP contribution < -0.4 is 15.5 Å². The Kier molecular flexibility index (Phi) is 5.32. The van der Waals surface area contributed by atoms with E-state index in [1.54, 1.807) is 22.8 Å². The Morgan fingerprint density at radius 1 is 1.29 bits per heavy atom. The molecule has 1 aromatic heterocycles. The van der Waals surface area contributed by atoms with Gasteiger partial charge in [0.15, 0.2) is 0 Å². The number of non-ortho nitro benzene ring substituents is 1. The molecular weight excluding hydrogens is 386 g/mol. The Morgan fingerprint density at radius 3 is 2.64 bits per heavy atom. The van der Waals surface area contributed by atoms with Crippen molar-refractivity contribution in [2.45, 2.75) is 13.5 Å². The summed E-state index contributed by atoms with van der Waals surface area (Å²) < 4.78 is 6.95. The molecule has 0 atom stereocenters. The van der Waals surface area contributed by atoms with Gasteiger partial charge in [0.2, 0.25) is 5.43 Å². The molecule has 2 aromatic carbocycles. The second kappa shape index (κ2) is 7.69. The van der Waals surface area contributed by atoms with Crippen LogP contribution in [-0.4, -0.2) is 22.5 Å². The third-order valence-corrected chi connectivity index (χ3v) is 4.60. The van der Waals surface area contributed by atoms with Crippen LogP contribution in [0.25, 0.3) is 10.9 Å². The third kappa shape index (κ3) is 3.54. The number of anilines is 1. The van der Waals surface area contributed by atoms with Crippen molar-refractivity contribution in [2.75, 3.05) is 12.4 Å². The molecule has 3 rings (SSSR count). The molecule has 1 heterocycles. The molecule has 0 bridgehead atoms. The number of nitrogens with one attached hydrogen (secondary N) is 1. The molecule has 8 nitrogen and oxygen atoms in total. The summed E-state index contributed by atoms with van der Waals surface area (Å²) in [5.74, 6) is -0.157. The average Bonchev–Trinajstić information content (AvgIpc) is 2.69. The summed E-state index contributed by atoms with van der Waals surface area (Å²) in [7, 11) is 1.49. The van der Waals surface area contributed by atoms with E-state index in [0.717, 1.165) is 6.07 Å². The van der Waals surface area contributed by atoms with Crippen molar-refractivity contribution < 1.29 is 14.5 Å². The van der Waals surface area contributed by atoms with E-state index in [1.165, 1.54) is 25.4 Å². The third-order valence-electron chi connectivity index (χ3n) is 4.28. The number of halogens is 1. The number of amides is 1. The van der Waals surface area contributed by atoms with Crippen molar-refractivity contribution in [2.24, 2.45) is 0 Å². The highest BCUT2D eigenvalue weighted by molar-refractivity contribution is 6.34. The molecule has 3 aromatic rings. The van der Waals surface area contributed by atoms with E-state index in [0.29, 0.717) is 23.2 Å². The summed E-state index contributed by atoms with van der Waals surface area (Å²) in [6.07, 6.45) is 1.48. The van der Waals surface area contributed by atoms with Crippen LogP contribution in [0.5, 0.6) is 5.75 Å². The predicted molar refractivity (Wildman–Crippen MR) is 106 cm³/mol. The quantitative estimate of drug-likeness (QED) is 0.516. The Balaban J connectivity index is 2.05. The zero-order valence-electron chi connectivity index (χ0n) is 15.1. The largest absolute Gasteiger partial charge is 0.497 e. The minimum absolute atomic E-state index is 0.000764. The highest BCUT2D eigenvalue weighted by atomic mass is 35.5. The van der Waals surface area contributed by atoms with E-state index in [4.69, 9.17) is 16.3 Å². The van der Waals surface area contributed by atoms with Gasteiger partial charge in [0.1, 0.15) is 11.3 Å². The Bertz CT molecular complexity index is 1160. The number of nitrogens with zero attached hydrogens (tertiary/aromatic N) is 2. The van der Waals surface area contributed by atoms with Gasteiger partial charge < -0.3 is 14.6 Å². The lowest BCUT2D eigenvalue weighted by atomic mass is 10.1. The number of carbonyl (C=O) groups is 1. The molecule has 9 heteroatoms. The summed E-state index contributed by atoms with van der Waals surface area (Å²) in [5.41, 5.74) is 0.129. The number of nitro benzene ring substituents is 1. The SMILES string of the molecule is CCn1cc(C(=O)Nc2ccc([N+](=O)[O-])cc2Cl)c(=O)c2cc(OC)ccc21. The first-order valence-corrected chi connectivity index (χ1v) is 8.70. The lowest BCUT2D eigenvalue weighted by molar-refractivity contribution is -0.384. The molecule has 0 radical (unpaired) electrons. The van der Waals surface area contributed by atoms with Crippen molar-refractivity contribution in [1.29, 1.82) is 0 Å². The zero-order valence-corrected chi connectivity index (χ0v) is 15.8. The minimum atomic E-state index is -0.660. The van der Waals surface area contributed by atoms with Gasteiger partial charge in [-0.05, 0) is 31.2 Å². The van der Waals surface area contributed by atoms with Crippen molar-refractivity contribution in [3.63, 3.8) is 0 Å². The monoisotopic (exact) mass is 401 g/mol. The highest BCUT2D eigenvalue weighted by Gasteiger charge is 2.18. The maximum atomic E-state index is 12.9. The molecule has 144 valence electrons. The molecule has 0 saturated heterocycles. The van der Waals surface area contributed by atoms with Crippen LogP contribution >= 0.6 is 11.6 Å². The van der Waals surface area contributed by atoms with Crippen LogP contribution in [-0.2, 0) is 6.54 Å². The Hall–Kier alpha value is -3.39. The first-order valence-electron chi connectivity index (χ1n) is 8.32. The van der Waals surface area contributed by atoms with Gasteiger partial charge >= 0.3 is 0 Å². The number of hydrogen-bond donors (Lipinski definition) is 1. The van der Waals surface area contributed by atoms with Gasteiger partial charge in [0, 0.05) is 24.9 Å². The summed E-state index contributed by atoms with van der Waals surface area (Å²) in [6.45, 7) is 2.44.